The molecule has 3 amide bonds. The Morgan fingerprint density at radius 3 is 2.87 bits per heavy atom. The summed E-state index contributed by atoms with van der Waals surface area (Å²) in [4.78, 5) is 23.6. The highest BCUT2D eigenvalue weighted by Gasteiger charge is 2.25. The summed E-state index contributed by atoms with van der Waals surface area (Å²) in [6.07, 6.45) is 4.38. The maximum atomic E-state index is 11.2. The van der Waals surface area contributed by atoms with Gasteiger partial charge in [0.2, 0.25) is 5.91 Å². The molecule has 1 saturated heterocycles. The van der Waals surface area contributed by atoms with Crippen molar-refractivity contribution in [2.75, 3.05) is 13.1 Å². The normalized spacial score (nSPS) is 15.9. The second-order valence-corrected chi connectivity index (χ2v) is 3.55. The zero-order valence-electron chi connectivity index (χ0n) is 8.43. The van der Waals surface area contributed by atoms with Gasteiger partial charge in [-0.3, -0.25) is 14.8 Å². The van der Waals surface area contributed by atoms with Crippen molar-refractivity contribution in [3.05, 3.63) is 18.0 Å². The van der Waals surface area contributed by atoms with E-state index >= 15 is 0 Å². The molecule has 1 N–H and O–H groups in total. The number of carbonyl (C=O) groups excluding carboxylic acids is 2. The maximum Gasteiger partial charge on any atom is 0.324 e. The zero-order chi connectivity index (χ0) is 10.8. The van der Waals surface area contributed by atoms with Gasteiger partial charge in [-0.2, -0.15) is 5.10 Å². The standard InChI is InChI=1S/C9H12N4O2/c1-12-5-7(4-10-12)2-3-13-6-8(14)11-9(13)15/h4-5H,2-3,6H2,1H3,(H,11,14,15). The average Bonchev–Trinajstić information content (AvgIpc) is 2.70. The quantitative estimate of drug-likeness (QED) is 0.682. The predicted octanol–water partition coefficient (Wildman–Crippen LogP) is -0.486. The van der Waals surface area contributed by atoms with Crippen molar-refractivity contribution in [1.82, 2.24) is 20.0 Å². The Morgan fingerprint density at radius 2 is 2.33 bits per heavy atom. The van der Waals surface area contributed by atoms with Gasteiger partial charge in [-0.25, -0.2) is 4.79 Å². The summed E-state index contributed by atoms with van der Waals surface area (Å²) in [5.74, 6) is -0.230. The van der Waals surface area contributed by atoms with Gasteiger partial charge in [0.05, 0.1) is 6.20 Å². The lowest BCUT2D eigenvalue weighted by Crippen LogP contribution is -2.29. The van der Waals surface area contributed by atoms with Gasteiger partial charge in [0.1, 0.15) is 6.54 Å². The molecule has 0 radical (unpaired) electrons. The topological polar surface area (TPSA) is 67.2 Å². The van der Waals surface area contributed by atoms with Crippen molar-refractivity contribution >= 4 is 11.9 Å². The molecule has 0 bridgehead atoms. The Hall–Kier alpha value is -1.85. The fourth-order valence-electron chi connectivity index (χ4n) is 1.53. The summed E-state index contributed by atoms with van der Waals surface area (Å²) in [6.45, 7) is 0.711. The lowest BCUT2D eigenvalue weighted by molar-refractivity contribution is -0.118. The van der Waals surface area contributed by atoms with Gasteiger partial charge in [0.15, 0.2) is 0 Å². The maximum absolute atomic E-state index is 11.2. The zero-order valence-corrected chi connectivity index (χ0v) is 8.43. The average molecular weight is 208 g/mol. The Labute approximate surface area is 86.9 Å². The minimum Gasteiger partial charge on any atom is -0.315 e. The number of rotatable bonds is 3. The molecule has 1 aromatic heterocycles. The predicted molar refractivity (Wildman–Crippen MR) is 52.0 cm³/mol. The summed E-state index contributed by atoms with van der Waals surface area (Å²) >= 11 is 0. The largest absolute Gasteiger partial charge is 0.324 e. The first-order valence-electron chi connectivity index (χ1n) is 4.71. The van der Waals surface area contributed by atoms with Crippen LogP contribution in [0.5, 0.6) is 0 Å². The first kappa shape index (κ1) is 9.70. The van der Waals surface area contributed by atoms with Gasteiger partial charge in [0.25, 0.3) is 0 Å². The first-order chi connectivity index (χ1) is 7.15. The van der Waals surface area contributed by atoms with Crippen LogP contribution in [0.2, 0.25) is 0 Å². The van der Waals surface area contributed by atoms with Crippen LogP contribution in [0.15, 0.2) is 12.4 Å². The van der Waals surface area contributed by atoms with Crippen LogP contribution in [0.4, 0.5) is 4.79 Å². The molecule has 0 unspecified atom stereocenters. The van der Waals surface area contributed by atoms with Crippen LogP contribution in [0.1, 0.15) is 5.56 Å². The third-order valence-corrected chi connectivity index (χ3v) is 2.30. The van der Waals surface area contributed by atoms with Crippen molar-refractivity contribution in [3.63, 3.8) is 0 Å². The number of imide groups is 1. The van der Waals surface area contributed by atoms with Gasteiger partial charge in [-0.1, -0.05) is 0 Å². The molecule has 0 aromatic carbocycles. The molecule has 6 heteroatoms. The summed E-state index contributed by atoms with van der Waals surface area (Å²) in [5.41, 5.74) is 1.06. The number of carbonyl (C=O) groups is 2. The van der Waals surface area contributed by atoms with E-state index in [0.717, 1.165) is 5.56 Å². The van der Waals surface area contributed by atoms with Gasteiger partial charge >= 0.3 is 6.03 Å². The number of hydrogen-bond acceptors (Lipinski definition) is 3. The summed E-state index contributed by atoms with van der Waals surface area (Å²) < 4.78 is 1.71. The number of aryl methyl sites for hydroxylation is 1. The van der Waals surface area contributed by atoms with Gasteiger partial charge in [-0.05, 0) is 12.0 Å². The van der Waals surface area contributed by atoms with E-state index in [-0.39, 0.29) is 18.5 Å². The van der Waals surface area contributed by atoms with E-state index in [2.05, 4.69) is 10.4 Å². The minimum atomic E-state index is -0.302. The SMILES string of the molecule is Cn1cc(CCN2CC(=O)NC2=O)cn1. The van der Waals surface area contributed by atoms with Crippen LogP contribution in [0.3, 0.4) is 0 Å². The van der Waals surface area contributed by atoms with Crippen molar-refractivity contribution in [2.45, 2.75) is 6.42 Å². The second-order valence-electron chi connectivity index (χ2n) is 3.55. The Balaban J connectivity index is 1.88. The second kappa shape index (κ2) is 3.72. The molecular weight excluding hydrogens is 196 g/mol. The van der Waals surface area contributed by atoms with E-state index in [1.807, 2.05) is 13.2 Å². The van der Waals surface area contributed by atoms with Crippen LogP contribution >= 0.6 is 0 Å². The van der Waals surface area contributed by atoms with E-state index < -0.39 is 0 Å². The third kappa shape index (κ3) is 2.15. The smallest absolute Gasteiger partial charge is 0.315 e. The van der Waals surface area contributed by atoms with E-state index in [4.69, 9.17) is 0 Å². The van der Waals surface area contributed by atoms with Crippen molar-refractivity contribution in [2.24, 2.45) is 7.05 Å². The summed E-state index contributed by atoms with van der Waals surface area (Å²) in [7, 11) is 1.84. The summed E-state index contributed by atoms with van der Waals surface area (Å²) in [6, 6.07) is -0.302. The van der Waals surface area contributed by atoms with Crippen molar-refractivity contribution in [1.29, 1.82) is 0 Å². The lowest BCUT2D eigenvalue weighted by Gasteiger charge is -2.11. The highest BCUT2D eigenvalue weighted by molar-refractivity contribution is 6.01. The molecule has 80 valence electrons. The van der Waals surface area contributed by atoms with Crippen LogP contribution in [0, 0.1) is 0 Å². The number of amides is 3. The molecule has 1 aliphatic rings. The van der Waals surface area contributed by atoms with Crippen LogP contribution in [-0.4, -0.2) is 39.7 Å². The third-order valence-electron chi connectivity index (χ3n) is 2.30. The Bertz CT molecular complexity index is 399. The summed E-state index contributed by atoms with van der Waals surface area (Å²) in [5, 5.41) is 6.26. The molecule has 6 nitrogen and oxygen atoms in total. The van der Waals surface area contributed by atoms with Crippen LogP contribution < -0.4 is 5.32 Å². The number of nitrogens with zero attached hydrogens (tertiary/aromatic N) is 3. The van der Waals surface area contributed by atoms with Gasteiger partial charge in [0, 0.05) is 19.8 Å². The van der Waals surface area contributed by atoms with Crippen molar-refractivity contribution < 1.29 is 9.59 Å². The molecule has 1 fully saturated rings. The first-order valence-corrected chi connectivity index (χ1v) is 4.71. The Morgan fingerprint density at radius 1 is 1.53 bits per heavy atom. The molecule has 2 rings (SSSR count). The van der Waals surface area contributed by atoms with Crippen LogP contribution in [-0.2, 0) is 18.3 Å². The fourth-order valence-corrected chi connectivity index (χ4v) is 1.53. The van der Waals surface area contributed by atoms with E-state index in [1.165, 1.54) is 4.90 Å². The molecular formula is C9H12N4O2. The molecule has 1 aliphatic heterocycles. The highest BCUT2D eigenvalue weighted by Crippen LogP contribution is 2.03. The monoisotopic (exact) mass is 208 g/mol. The minimum absolute atomic E-state index is 0.166. The van der Waals surface area contributed by atoms with Gasteiger partial charge in [-0.15, -0.1) is 0 Å². The highest BCUT2D eigenvalue weighted by atomic mass is 16.2. The Kier molecular flexibility index (Phi) is 2.40. The lowest BCUT2D eigenvalue weighted by atomic mass is 10.2. The molecule has 0 aliphatic carbocycles. The fraction of sp³-hybridized carbons (Fsp3) is 0.444. The molecule has 1 aromatic rings. The van der Waals surface area contributed by atoms with E-state index in [1.54, 1.807) is 10.9 Å². The number of hydrogen-bond donors (Lipinski definition) is 1. The number of nitrogens with one attached hydrogen (secondary N) is 1. The number of urea groups is 1. The van der Waals surface area contributed by atoms with Crippen LogP contribution in [0.25, 0.3) is 0 Å². The molecule has 2 heterocycles. The van der Waals surface area contributed by atoms with Crippen molar-refractivity contribution in [3.8, 4) is 0 Å². The van der Waals surface area contributed by atoms with E-state index in [9.17, 15) is 9.59 Å². The molecule has 15 heavy (non-hydrogen) atoms. The molecule has 0 atom stereocenters. The van der Waals surface area contributed by atoms with Gasteiger partial charge < -0.3 is 4.90 Å². The molecule has 0 spiro atoms. The van der Waals surface area contributed by atoms with E-state index in [0.29, 0.717) is 13.0 Å². The number of aromatic nitrogens is 2. The molecule has 0 saturated carbocycles.